The first-order valence-electron chi connectivity index (χ1n) is 10.00. The number of hydrogen-bond donors (Lipinski definition) is 2. The standard InChI is InChI=1S/C23H24F2N4O3/c1-5-32-21(30)14-8-6-9-15(12-14)29-19(13-18(28-29)23(2,3)4)27-22(31)26-17-11-7-10-16(24)20(17)25/h6-13H,5H2,1-4H3,(H2,26,27,31). The first-order valence-corrected chi connectivity index (χ1v) is 10.00. The van der Waals surface area contributed by atoms with E-state index in [1.165, 1.54) is 16.8 Å². The minimum Gasteiger partial charge on any atom is -0.462 e. The van der Waals surface area contributed by atoms with Crippen LogP contribution in [0.15, 0.2) is 48.5 Å². The largest absolute Gasteiger partial charge is 0.462 e. The molecule has 0 unspecified atom stereocenters. The van der Waals surface area contributed by atoms with Crippen LogP contribution < -0.4 is 10.6 Å². The summed E-state index contributed by atoms with van der Waals surface area (Å²) in [5, 5.41) is 9.49. The molecule has 1 aromatic heterocycles. The maximum atomic E-state index is 13.9. The number of ether oxygens (including phenoxy) is 1. The van der Waals surface area contributed by atoms with Crippen molar-refractivity contribution >= 4 is 23.5 Å². The molecule has 7 nitrogen and oxygen atoms in total. The van der Waals surface area contributed by atoms with Crippen LogP contribution in [0.25, 0.3) is 5.69 Å². The Kier molecular flexibility index (Phi) is 6.57. The van der Waals surface area contributed by atoms with Gasteiger partial charge in [-0.15, -0.1) is 0 Å². The number of hydrogen-bond acceptors (Lipinski definition) is 4. The second-order valence-electron chi connectivity index (χ2n) is 8.03. The molecule has 0 spiro atoms. The van der Waals surface area contributed by atoms with Crippen molar-refractivity contribution in [2.24, 2.45) is 0 Å². The Bertz CT molecular complexity index is 1150. The minimum absolute atomic E-state index is 0.239. The van der Waals surface area contributed by atoms with Crippen LogP contribution in [0.4, 0.5) is 25.1 Å². The summed E-state index contributed by atoms with van der Waals surface area (Å²) >= 11 is 0. The van der Waals surface area contributed by atoms with E-state index in [4.69, 9.17) is 4.74 Å². The van der Waals surface area contributed by atoms with Crippen LogP contribution in [0.5, 0.6) is 0 Å². The van der Waals surface area contributed by atoms with Crippen molar-refractivity contribution in [1.29, 1.82) is 0 Å². The molecular formula is C23H24F2N4O3. The Morgan fingerprint density at radius 2 is 1.78 bits per heavy atom. The van der Waals surface area contributed by atoms with Gasteiger partial charge in [0.05, 0.1) is 29.2 Å². The van der Waals surface area contributed by atoms with E-state index in [2.05, 4.69) is 15.7 Å². The highest BCUT2D eigenvalue weighted by molar-refractivity contribution is 5.99. The number of benzene rings is 2. The molecule has 2 amide bonds. The van der Waals surface area contributed by atoms with Crippen LogP contribution in [0.3, 0.4) is 0 Å². The van der Waals surface area contributed by atoms with Gasteiger partial charge in [0.2, 0.25) is 0 Å². The molecule has 1 heterocycles. The van der Waals surface area contributed by atoms with Crippen molar-refractivity contribution < 1.29 is 23.1 Å². The molecule has 0 aliphatic rings. The Morgan fingerprint density at radius 3 is 2.47 bits per heavy atom. The zero-order valence-electron chi connectivity index (χ0n) is 18.2. The molecule has 0 saturated carbocycles. The van der Waals surface area contributed by atoms with Gasteiger partial charge in [0, 0.05) is 11.5 Å². The molecule has 0 atom stereocenters. The molecule has 0 aliphatic carbocycles. The second kappa shape index (κ2) is 9.17. The molecular weight excluding hydrogens is 418 g/mol. The van der Waals surface area contributed by atoms with E-state index in [9.17, 15) is 18.4 Å². The SMILES string of the molecule is CCOC(=O)c1cccc(-n2nc(C(C)(C)C)cc2NC(=O)Nc2cccc(F)c2F)c1. The first kappa shape index (κ1) is 22.9. The predicted octanol–water partition coefficient (Wildman–Crippen LogP) is 5.27. The number of carbonyl (C=O) groups is 2. The van der Waals surface area contributed by atoms with Crippen LogP contribution in [0.1, 0.15) is 43.7 Å². The number of nitrogens with one attached hydrogen (secondary N) is 2. The number of carbonyl (C=O) groups excluding carboxylic acids is 2. The van der Waals surface area contributed by atoms with E-state index in [0.717, 1.165) is 6.07 Å². The molecule has 0 fully saturated rings. The Balaban J connectivity index is 1.95. The average molecular weight is 442 g/mol. The quantitative estimate of drug-likeness (QED) is 0.527. The van der Waals surface area contributed by atoms with Crippen molar-refractivity contribution in [2.75, 3.05) is 17.2 Å². The third-order valence-corrected chi connectivity index (χ3v) is 4.52. The number of anilines is 2. The van der Waals surface area contributed by atoms with Gasteiger partial charge in [-0.25, -0.2) is 23.1 Å². The van der Waals surface area contributed by atoms with E-state index in [0.29, 0.717) is 16.9 Å². The lowest BCUT2D eigenvalue weighted by Gasteiger charge is -2.14. The Morgan fingerprint density at radius 1 is 1.06 bits per heavy atom. The molecule has 3 aromatic rings. The Hall–Kier alpha value is -3.75. The van der Waals surface area contributed by atoms with Gasteiger partial charge in [-0.05, 0) is 37.3 Å². The predicted molar refractivity (Wildman–Crippen MR) is 117 cm³/mol. The summed E-state index contributed by atoms with van der Waals surface area (Å²) in [6.07, 6.45) is 0. The molecule has 3 rings (SSSR count). The molecule has 0 aliphatic heterocycles. The average Bonchev–Trinajstić information content (AvgIpc) is 3.16. The van der Waals surface area contributed by atoms with Crippen molar-refractivity contribution in [3.05, 3.63) is 71.4 Å². The van der Waals surface area contributed by atoms with Gasteiger partial charge in [-0.3, -0.25) is 5.32 Å². The lowest BCUT2D eigenvalue weighted by Crippen LogP contribution is -2.22. The summed E-state index contributed by atoms with van der Waals surface area (Å²) in [6, 6.07) is 11.0. The van der Waals surface area contributed by atoms with Gasteiger partial charge in [-0.2, -0.15) is 5.10 Å². The van der Waals surface area contributed by atoms with Gasteiger partial charge < -0.3 is 10.1 Å². The maximum absolute atomic E-state index is 13.9. The number of nitrogens with zero attached hydrogens (tertiary/aromatic N) is 2. The second-order valence-corrected chi connectivity index (χ2v) is 8.03. The van der Waals surface area contributed by atoms with Crippen molar-refractivity contribution in [3.8, 4) is 5.69 Å². The van der Waals surface area contributed by atoms with E-state index in [1.807, 2.05) is 20.8 Å². The number of urea groups is 1. The molecule has 0 saturated heterocycles. The van der Waals surface area contributed by atoms with E-state index < -0.39 is 23.6 Å². The van der Waals surface area contributed by atoms with Gasteiger partial charge in [0.15, 0.2) is 11.6 Å². The first-order chi connectivity index (χ1) is 15.1. The molecule has 0 bridgehead atoms. The fraction of sp³-hybridized carbons (Fsp3) is 0.261. The van der Waals surface area contributed by atoms with Crippen LogP contribution in [-0.4, -0.2) is 28.4 Å². The fourth-order valence-electron chi connectivity index (χ4n) is 2.88. The monoisotopic (exact) mass is 442 g/mol. The molecule has 9 heteroatoms. The number of amides is 2. The summed E-state index contributed by atoms with van der Waals surface area (Å²) in [4.78, 5) is 24.6. The smallest absolute Gasteiger partial charge is 0.338 e. The van der Waals surface area contributed by atoms with Crippen LogP contribution in [0.2, 0.25) is 0 Å². The zero-order chi connectivity index (χ0) is 23.5. The van der Waals surface area contributed by atoms with Crippen molar-refractivity contribution in [3.63, 3.8) is 0 Å². The zero-order valence-corrected chi connectivity index (χ0v) is 18.2. The van der Waals surface area contributed by atoms with E-state index >= 15 is 0 Å². The van der Waals surface area contributed by atoms with Gasteiger partial charge >= 0.3 is 12.0 Å². The summed E-state index contributed by atoms with van der Waals surface area (Å²) in [7, 11) is 0. The third kappa shape index (κ3) is 5.11. The highest BCUT2D eigenvalue weighted by Gasteiger charge is 2.22. The van der Waals surface area contributed by atoms with E-state index in [-0.39, 0.29) is 23.5 Å². The van der Waals surface area contributed by atoms with Crippen LogP contribution in [0, 0.1) is 11.6 Å². The normalized spacial score (nSPS) is 11.2. The third-order valence-electron chi connectivity index (χ3n) is 4.52. The molecule has 2 aromatic carbocycles. The highest BCUT2D eigenvalue weighted by Crippen LogP contribution is 2.27. The minimum atomic E-state index is -1.16. The molecule has 0 radical (unpaired) electrons. The molecule has 2 N–H and O–H groups in total. The highest BCUT2D eigenvalue weighted by atomic mass is 19.2. The lowest BCUT2D eigenvalue weighted by molar-refractivity contribution is 0.0526. The summed E-state index contributed by atoms with van der Waals surface area (Å²) in [6.45, 7) is 7.83. The summed E-state index contributed by atoms with van der Waals surface area (Å²) in [5.74, 6) is -2.43. The maximum Gasteiger partial charge on any atom is 0.338 e. The molecule has 168 valence electrons. The van der Waals surface area contributed by atoms with Crippen molar-refractivity contribution in [1.82, 2.24) is 9.78 Å². The van der Waals surface area contributed by atoms with Gasteiger partial charge in [0.1, 0.15) is 5.82 Å². The number of rotatable bonds is 5. The number of halogens is 2. The number of aromatic nitrogens is 2. The number of esters is 1. The van der Waals surface area contributed by atoms with Gasteiger partial charge in [0.25, 0.3) is 0 Å². The van der Waals surface area contributed by atoms with Crippen LogP contribution in [-0.2, 0) is 10.2 Å². The molecule has 32 heavy (non-hydrogen) atoms. The van der Waals surface area contributed by atoms with Crippen molar-refractivity contribution in [2.45, 2.75) is 33.1 Å². The van der Waals surface area contributed by atoms with Gasteiger partial charge in [-0.1, -0.05) is 32.9 Å². The summed E-state index contributed by atoms with van der Waals surface area (Å²) < 4.78 is 33.9. The fourth-order valence-corrected chi connectivity index (χ4v) is 2.88. The van der Waals surface area contributed by atoms with Crippen LogP contribution >= 0.6 is 0 Å². The Labute approximate surface area is 184 Å². The topological polar surface area (TPSA) is 85.2 Å². The van der Waals surface area contributed by atoms with E-state index in [1.54, 1.807) is 37.3 Å². The lowest BCUT2D eigenvalue weighted by atomic mass is 9.92. The summed E-state index contributed by atoms with van der Waals surface area (Å²) in [5.41, 5.74) is 0.874.